The number of hydrogen-bond acceptors (Lipinski definition) is 6. The van der Waals surface area contributed by atoms with E-state index < -0.39 is 5.60 Å². The Morgan fingerprint density at radius 3 is 2.50 bits per heavy atom. The van der Waals surface area contributed by atoms with Crippen LogP contribution in [0.25, 0.3) is 0 Å². The summed E-state index contributed by atoms with van der Waals surface area (Å²) in [5.41, 5.74) is 1.72. The molecular weight excluding hydrogens is 384 g/mol. The molecule has 0 saturated carbocycles. The lowest BCUT2D eigenvalue weighted by atomic mass is 10.0. The molecule has 2 aliphatic heterocycles. The van der Waals surface area contributed by atoms with E-state index in [1.165, 1.54) is 4.90 Å². The molecule has 0 aromatic heterocycles. The van der Waals surface area contributed by atoms with E-state index in [0.717, 1.165) is 5.56 Å². The summed E-state index contributed by atoms with van der Waals surface area (Å²) >= 11 is 0. The predicted octanol–water partition coefficient (Wildman–Crippen LogP) is 2.89. The van der Waals surface area contributed by atoms with Crippen molar-refractivity contribution in [1.82, 2.24) is 4.90 Å². The van der Waals surface area contributed by atoms with Crippen molar-refractivity contribution in [2.24, 2.45) is 5.92 Å². The fourth-order valence-corrected chi connectivity index (χ4v) is 3.88. The second-order valence-corrected chi connectivity index (χ2v) is 8.95. The molecule has 2 aliphatic rings. The number of aryl methyl sites for hydroxylation is 1. The van der Waals surface area contributed by atoms with Crippen molar-refractivity contribution >= 4 is 23.4 Å². The van der Waals surface area contributed by atoms with Gasteiger partial charge in [-0.2, -0.15) is 5.26 Å². The number of rotatable bonds is 2. The van der Waals surface area contributed by atoms with Gasteiger partial charge >= 0.3 is 6.09 Å². The van der Waals surface area contributed by atoms with Gasteiger partial charge in [0.25, 0.3) is 0 Å². The van der Waals surface area contributed by atoms with Crippen molar-refractivity contribution in [2.45, 2.75) is 46.1 Å². The van der Waals surface area contributed by atoms with Crippen molar-refractivity contribution in [3.05, 3.63) is 17.7 Å². The number of aromatic hydroxyl groups is 1. The van der Waals surface area contributed by atoms with Crippen molar-refractivity contribution < 1.29 is 19.4 Å². The number of ether oxygens (including phenoxy) is 1. The van der Waals surface area contributed by atoms with Crippen LogP contribution in [0.1, 0.15) is 39.7 Å². The Bertz CT molecular complexity index is 863. The number of nitriles is 1. The zero-order valence-corrected chi connectivity index (χ0v) is 18.1. The highest BCUT2D eigenvalue weighted by atomic mass is 16.6. The van der Waals surface area contributed by atoms with Crippen LogP contribution >= 0.6 is 0 Å². The molecule has 162 valence electrons. The highest BCUT2D eigenvalue weighted by Crippen LogP contribution is 2.38. The number of phenolic OH excluding ortho intramolecular Hbond substituents is 1. The number of phenols is 1. The average molecular weight is 415 g/mol. The number of fused-ring (bicyclic) bond motifs is 1. The third-order valence-electron chi connectivity index (χ3n) is 5.50. The van der Waals surface area contributed by atoms with Crippen molar-refractivity contribution in [3.63, 3.8) is 0 Å². The topological polar surface area (TPSA) is 97.1 Å². The molecule has 3 rings (SSSR count). The molecule has 2 heterocycles. The first-order valence-corrected chi connectivity index (χ1v) is 10.4. The van der Waals surface area contributed by atoms with Gasteiger partial charge < -0.3 is 19.6 Å². The Kier molecular flexibility index (Phi) is 6.11. The minimum absolute atomic E-state index is 0.0382. The first-order valence-electron chi connectivity index (χ1n) is 10.4. The van der Waals surface area contributed by atoms with Gasteiger partial charge in [0.05, 0.1) is 17.4 Å². The van der Waals surface area contributed by atoms with E-state index in [4.69, 9.17) is 10.00 Å². The minimum Gasteiger partial charge on any atom is -0.506 e. The maximum Gasteiger partial charge on any atom is 0.410 e. The van der Waals surface area contributed by atoms with E-state index in [9.17, 15) is 14.7 Å². The van der Waals surface area contributed by atoms with E-state index in [2.05, 4.69) is 0 Å². The van der Waals surface area contributed by atoms with Crippen LogP contribution in [0.15, 0.2) is 12.1 Å². The number of nitrogens with zero attached hydrogens (tertiary/aromatic N) is 4. The van der Waals surface area contributed by atoms with Gasteiger partial charge in [0.1, 0.15) is 17.9 Å². The van der Waals surface area contributed by atoms with E-state index in [1.807, 2.05) is 44.7 Å². The Labute approximate surface area is 177 Å². The second kappa shape index (κ2) is 8.42. The molecule has 1 N–H and O–H groups in total. The molecule has 0 radical (unpaired) electrons. The van der Waals surface area contributed by atoms with Crippen molar-refractivity contribution in [1.29, 1.82) is 5.26 Å². The van der Waals surface area contributed by atoms with Crippen LogP contribution in [-0.2, 0) is 16.0 Å². The van der Waals surface area contributed by atoms with Gasteiger partial charge in [0, 0.05) is 38.2 Å². The molecule has 1 saturated heterocycles. The Hall–Kier alpha value is -2.95. The lowest BCUT2D eigenvalue weighted by Gasteiger charge is -2.37. The summed E-state index contributed by atoms with van der Waals surface area (Å²) in [6, 6.07) is 5.57. The molecule has 1 fully saturated rings. The Balaban J connectivity index is 1.79. The maximum absolute atomic E-state index is 12.6. The lowest BCUT2D eigenvalue weighted by molar-refractivity contribution is -0.121. The highest BCUT2D eigenvalue weighted by molar-refractivity contribution is 5.97. The summed E-state index contributed by atoms with van der Waals surface area (Å²) in [6.45, 7) is 9.51. The molecule has 0 aliphatic carbocycles. The summed E-state index contributed by atoms with van der Waals surface area (Å²) in [6.07, 6.45) is 1.08. The van der Waals surface area contributed by atoms with Crippen LogP contribution < -0.4 is 9.80 Å². The predicted molar refractivity (Wildman–Crippen MR) is 114 cm³/mol. The Morgan fingerprint density at radius 1 is 1.23 bits per heavy atom. The quantitative estimate of drug-likeness (QED) is 0.748. The maximum atomic E-state index is 12.6. The standard InChI is InChI=1S/C22H30N4O4/c1-15-5-6-16-13-18(19(27)14-17(16)26(8-7-23)20(15)28)24-9-11-25(12-10-24)21(29)30-22(2,3)4/h13-15,27H,5-6,8-12H2,1-4H3. The molecule has 2 amide bonds. The normalized spacial score (nSPS) is 19.8. The Morgan fingerprint density at radius 2 is 1.90 bits per heavy atom. The van der Waals surface area contributed by atoms with Gasteiger partial charge in [-0.1, -0.05) is 6.92 Å². The molecule has 0 spiro atoms. The minimum atomic E-state index is -0.534. The molecule has 30 heavy (non-hydrogen) atoms. The smallest absolute Gasteiger partial charge is 0.410 e. The molecule has 1 aromatic carbocycles. The van der Waals surface area contributed by atoms with Gasteiger partial charge in [-0.25, -0.2) is 4.79 Å². The van der Waals surface area contributed by atoms with Gasteiger partial charge in [0.15, 0.2) is 0 Å². The third kappa shape index (κ3) is 4.61. The summed E-state index contributed by atoms with van der Waals surface area (Å²) in [5.74, 6) is -0.188. The molecule has 0 bridgehead atoms. The van der Waals surface area contributed by atoms with Gasteiger partial charge in [-0.15, -0.1) is 0 Å². The zero-order chi connectivity index (χ0) is 22.1. The van der Waals surface area contributed by atoms with E-state index in [0.29, 0.717) is 50.4 Å². The summed E-state index contributed by atoms with van der Waals surface area (Å²) in [5, 5.41) is 19.9. The number of hydrogen-bond donors (Lipinski definition) is 1. The number of benzene rings is 1. The van der Waals surface area contributed by atoms with Gasteiger partial charge in [0.2, 0.25) is 5.91 Å². The first-order chi connectivity index (χ1) is 14.1. The van der Waals surface area contributed by atoms with Crippen LogP contribution in [0.3, 0.4) is 0 Å². The van der Waals surface area contributed by atoms with Crippen LogP contribution in [0.2, 0.25) is 0 Å². The summed E-state index contributed by atoms with van der Waals surface area (Å²) in [4.78, 5) is 30.1. The molecule has 1 unspecified atom stereocenters. The van der Waals surface area contributed by atoms with E-state index >= 15 is 0 Å². The fourth-order valence-electron chi connectivity index (χ4n) is 3.88. The highest BCUT2D eigenvalue weighted by Gasteiger charge is 2.31. The monoisotopic (exact) mass is 414 g/mol. The molecular formula is C22H30N4O4. The summed E-state index contributed by atoms with van der Waals surface area (Å²) in [7, 11) is 0. The summed E-state index contributed by atoms with van der Waals surface area (Å²) < 4.78 is 5.44. The van der Waals surface area contributed by atoms with Crippen LogP contribution in [-0.4, -0.2) is 60.3 Å². The first kappa shape index (κ1) is 21.8. The zero-order valence-electron chi connectivity index (χ0n) is 18.1. The third-order valence-corrected chi connectivity index (χ3v) is 5.50. The van der Waals surface area contributed by atoms with Crippen molar-refractivity contribution in [3.8, 4) is 11.8 Å². The van der Waals surface area contributed by atoms with Crippen LogP contribution in [0, 0.1) is 17.2 Å². The van der Waals surface area contributed by atoms with E-state index in [-0.39, 0.29) is 30.2 Å². The lowest BCUT2D eigenvalue weighted by Crippen LogP contribution is -2.50. The van der Waals surface area contributed by atoms with Crippen LogP contribution in [0.5, 0.6) is 5.75 Å². The van der Waals surface area contributed by atoms with Gasteiger partial charge in [-0.05, 0) is 45.2 Å². The molecule has 1 aromatic rings. The largest absolute Gasteiger partial charge is 0.506 e. The van der Waals surface area contributed by atoms with Crippen molar-refractivity contribution in [2.75, 3.05) is 42.5 Å². The molecule has 8 heteroatoms. The second-order valence-electron chi connectivity index (χ2n) is 8.95. The average Bonchev–Trinajstić information content (AvgIpc) is 2.79. The number of amides is 2. The molecule has 1 atom stereocenters. The molecule has 8 nitrogen and oxygen atoms in total. The van der Waals surface area contributed by atoms with Crippen LogP contribution in [0.4, 0.5) is 16.2 Å². The van der Waals surface area contributed by atoms with E-state index in [1.54, 1.807) is 11.0 Å². The SMILES string of the molecule is CC1CCc2cc(N3CCN(C(=O)OC(C)(C)C)CC3)c(O)cc2N(CC#N)C1=O. The number of anilines is 2. The van der Waals surface area contributed by atoms with Gasteiger partial charge in [-0.3, -0.25) is 9.69 Å². The number of carbonyl (C=O) groups is 2. The number of carbonyl (C=O) groups excluding carboxylic acids is 2. The number of piperazine rings is 1. The fraction of sp³-hybridized carbons (Fsp3) is 0.591.